The summed E-state index contributed by atoms with van der Waals surface area (Å²) in [5.74, 6) is 0.312. The molecule has 0 N–H and O–H groups in total. The van der Waals surface area contributed by atoms with E-state index in [1.165, 1.54) is 24.3 Å². The summed E-state index contributed by atoms with van der Waals surface area (Å²) in [5, 5.41) is 21.9. The van der Waals surface area contributed by atoms with Gasteiger partial charge in [0.15, 0.2) is 5.17 Å². The number of nitro groups is 2. The zero-order valence-electron chi connectivity index (χ0n) is 14.3. The number of benzene rings is 2. The van der Waals surface area contributed by atoms with Gasteiger partial charge in [-0.1, -0.05) is 23.9 Å². The number of hydrogen-bond donors (Lipinski definition) is 0. The molecule has 1 aliphatic heterocycles. The number of amidine groups is 1. The zero-order chi connectivity index (χ0) is 20.3. The monoisotopic (exact) mass is 422 g/mol. The Labute approximate surface area is 164 Å². The molecule has 2 aromatic rings. The van der Waals surface area contributed by atoms with Crippen LogP contribution in [0.25, 0.3) is 0 Å². The van der Waals surface area contributed by atoms with Crippen LogP contribution in [0.5, 0.6) is 0 Å². The van der Waals surface area contributed by atoms with E-state index in [-0.39, 0.29) is 28.0 Å². The van der Waals surface area contributed by atoms with Crippen LogP contribution in [0.3, 0.4) is 0 Å². The van der Waals surface area contributed by atoms with Crippen LogP contribution in [-0.2, 0) is 15.8 Å². The molecule has 1 heterocycles. The van der Waals surface area contributed by atoms with Crippen molar-refractivity contribution >= 4 is 38.3 Å². The number of sulfonamides is 1. The summed E-state index contributed by atoms with van der Waals surface area (Å²) >= 11 is 1.16. The Morgan fingerprint density at radius 1 is 1.04 bits per heavy atom. The van der Waals surface area contributed by atoms with Crippen LogP contribution in [0.2, 0.25) is 0 Å². The molecule has 0 unspecified atom stereocenters. The quantitative estimate of drug-likeness (QED) is 0.515. The fourth-order valence-electron chi connectivity index (χ4n) is 2.53. The molecule has 0 bridgehead atoms. The maximum atomic E-state index is 12.9. The lowest BCUT2D eigenvalue weighted by atomic mass is 10.2. The third-order valence-corrected chi connectivity index (χ3v) is 6.89. The second-order valence-electron chi connectivity index (χ2n) is 5.71. The predicted octanol–water partition coefficient (Wildman–Crippen LogP) is 2.80. The van der Waals surface area contributed by atoms with Crippen molar-refractivity contribution < 1.29 is 18.3 Å². The summed E-state index contributed by atoms with van der Waals surface area (Å²) in [6.45, 7) is 0.458. The molecule has 146 valence electrons. The Bertz CT molecular complexity index is 1050. The highest BCUT2D eigenvalue weighted by Gasteiger charge is 2.31. The van der Waals surface area contributed by atoms with Gasteiger partial charge in [-0.25, -0.2) is 12.7 Å². The first-order valence-electron chi connectivity index (χ1n) is 7.97. The van der Waals surface area contributed by atoms with Crippen LogP contribution >= 0.6 is 11.8 Å². The Balaban J connectivity index is 1.75. The minimum atomic E-state index is -3.91. The van der Waals surface area contributed by atoms with Gasteiger partial charge in [0.2, 0.25) is 0 Å². The highest BCUT2D eigenvalue weighted by atomic mass is 32.2. The maximum Gasteiger partial charge on any atom is 0.269 e. The molecule has 0 fully saturated rings. The first-order chi connectivity index (χ1) is 13.3. The topological polar surface area (TPSA) is 136 Å². The Kier molecular flexibility index (Phi) is 5.61. The molecule has 0 saturated carbocycles. The summed E-state index contributed by atoms with van der Waals surface area (Å²) in [7, 11) is -3.91. The minimum Gasteiger partial charge on any atom is -0.260 e. The maximum absolute atomic E-state index is 12.9. The third-order valence-electron chi connectivity index (χ3n) is 3.89. The summed E-state index contributed by atoms with van der Waals surface area (Å²) in [6, 6.07) is 10.7. The van der Waals surface area contributed by atoms with Crippen LogP contribution in [0.1, 0.15) is 5.56 Å². The molecule has 2 aromatic carbocycles. The molecule has 0 saturated heterocycles. The van der Waals surface area contributed by atoms with E-state index in [2.05, 4.69) is 4.99 Å². The average molecular weight is 422 g/mol. The molecule has 3 rings (SSSR count). The molecule has 28 heavy (non-hydrogen) atoms. The number of rotatable bonds is 6. The lowest BCUT2D eigenvalue weighted by molar-refractivity contribution is -0.385. The molecule has 12 heteroatoms. The highest BCUT2D eigenvalue weighted by Crippen LogP contribution is 2.27. The fourth-order valence-corrected chi connectivity index (χ4v) is 5.19. The third kappa shape index (κ3) is 4.12. The predicted molar refractivity (Wildman–Crippen MR) is 104 cm³/mol. The lowest BCUT2D eigenvalue weighted by Gasteiger charge is -2.19. The van der Waals surface area contributed by atoms with E-state index in [1.807, 2.05) is 0 Å². The number of thioether (sulfide) groups is 1. The molecule has 0 aromatic heterocycles. The number of aliphatic imine (C=N–C) groups is 1. The first-order valence-corrected chi connectivity index (χ1v) is 10.4. The number of nitrogens with zero attached hydrogens (tertiary/aromatic N) is 4. The van der Waals surface area contributed by atoms with E-state index in [1.54, 1.807) is 12.1 Å². The van der Waals surface area contributed by atoms with Gasteiger partial charge >= 0.3 is 0 Å². The SMILES string of the molecule is O=[N+]([O-])c1ccc(S(=O)(=O)N2CCN=C2SCc2cccc([N+](=O)[O-])c2)cc1. The molecular weight excluding hydrogens is 408 g/mol. The van der Waals surface area contributed by atoms with Crippen molar-refractivity contribution in [3.05, 3.63) is 74.3 Å². The molecule has 1 aliphatic rings. The van der Waals surface area contributed by atoms with Crippen LogP contribution in [0.15, 0.2) is 58.4 Å². The highest BCUT2D eigenvalue weighted by molar-refractivity contribution is 8.14. The van der Waals surface area contributed by atoms with Crippen LogP contribution in [0.4, 0.5) is 11.4 Å². The molecule has 0 atom stereocenters. The number of hydrogen-bond acceptors (Lipinski definition) is 8. The summed E-state index contributed by atoms with van der Waals surface area (Å²) in [6.07, 6.45) is 0. The van der Waals surface area contributed by atoms with Crippen molar-refractivity contribution in [2.24, 2.45) is 4.99 Å². The smallest absolute Gasteiger partial charge is 0.260 e. The zero-order valence-corrected chi connectivity index (χ0v) is 15.9. The van der Waals surface area contributed by atoms with Gasteiger partial charge in [-0.2, -0.15) is 0 Å². The summed E-state index contributed by atoms with van der Waals surface area (Å²) in [5.41, 5.74) is 0.428. The van der Waals surface area contributed by atoms with Gasteiger partial charge in [-0.3, -0.25) is 25.2 Å². The van der Waals surface area contributed by atoms with Gasteiger partial charge in [0, 0.05) is 30.0 Å². The number of non-ortho nitro benzene ring substituents is 2. The van der Waals surface area contributed by atoms with Crippen LogP contribution < -0.4 is 0 Å². The van der Waals surface area contributed by atoms with E-state index < -0.39 is 19.9 Å². The average Bonchev–Trinajstić information content (AvgIpc) is 3.16. The minimum absolute atomic E-state index is 0.0400. The van der Waals surface area contributed by atoms with Crippen molar-refractivity contribution in [1.82, 2.24) is 4.31 Å². The lowest BCUT2D eigenvalue weighted by Crippen LogP contribution is -2.32. The Morgan fingerprint density at radius 2 is 1.71 bits per heavy atom. The first kappa shape index (κ1) is 19.8. The largest absolute Gasteiger partial charge is 0.269 e. The fraction of sp³-hybridized carbons (Fsp3) is 0.188. The molecule has 0 aliphatic carbocycles. The van der Waals surface area contributed by atoms with Crippen LogP contribution in [-0.4, -0.2) is 40.8 Å². The van der Waals surface area contributed by atoms with Crippen molar-refractivity contribution in [2.75, 3.05) is 13.1 Å². The molecule has 0 radical (unpaired) electrons. The van der Waals surface area contributed by atoms with Gasteiger partial charge in [0.25, 0.3) is 21.4 Å². The van der Waals surface area contributed by atoms with Gasteiger partial charge in [-0.15, -0.1) is 0 Å². The van der Waals surface area contributed by atoms with E-state index in [0.717, 1.165) is 28.2 Å². The molecule has 10 nitrogen and oxygen atoms in total. The van der Waals surface area contributed by atoms with Crippen LogP contribution in [0, 0.1) is 20.2 Å². The van der Waals surface area contributed by atoms with E-state index >= 15 is 0 Å². The van der Waals surface area contributed by atoms with Gasteiger partial charge < -0.3 is 0 Å². The Morgan fingerprint density at radius 3 is 2.36 bits per heavy atom. The Hall–Kier alpha value is -2.99. The van der Waals surface area contributed by atoms with Crippen molar-refractivity contribution in [3.8, 4) is 0 Å². The molecular formula is C16H14N4O6S2. The summed E-state index contributed by atoms with van der Waals surface area (Å²) in [4.78, 5) is 24.7. The molecule has 0 spiro atoms. The van der Waals surface area contributed by atoms with Gasteiger partial charge in [0.1, 0.15) is 0 Å². The van der Waals surface area contributed by atoms with E-state index in [4.69, 9.17) is 0 Å². The second-order valence-corrected chi connectivity index (χ2v) is 8.51. The van der Waals surface area contributed by atoms with Crippen molar-refractivity contribution in [1.29, 1.82) is 0 Å². The standard InChI is InChI=1S/C16H14N4O6S2/c21-19(22)13-4-6-15(7-5-13)28(25,26)18-9-8-17-16(18)27-11-12-2-1-3-14(10-12)20(23)24/h1-7,10H,8-9,11H2. The van der Waals surface area contributed by atoms with Crippen molar-refractivity contribution in [2.45, 2.75) is 10.6 Å². The number of nitro benzene ring substituents is 2. The summed E-state index contributed by atoms with van der Waals surface area (Å²) < 4.78 is 26.9. The van der Waals surface area contributed by atoms with Crippen molar-refractivity contribution in [3.63, 3.8) is 0 Å². The van der Waals surface area contributed by atoms with Gasteiger partial charge in [0.05, 0.1) is 27.8 Å². The van der Waals surface area contributed by atoms with E-state index in [9.17, 15) is 28.6 Å². The molecule has 0 amide bonds. The van der Waals surface area contributed by atoms with Gasteiger partial charge in [-0.05, 0) is 17.7 Å². The van der Waals surface area contributed by atoms with E-state index in [0.29, 0.717) is 17.9 Å². The second kappa shape index (κ2) is 7.94. The normalized spacial score (nSPS) is 14.0.